The lowest BCUT2D eigenvalue weighted by atomic mass is 10.00. The van der Waals surface area contributed by atoms with Gasteiger partial charge in [0.15, 0.2) is 0 Å². The van der Waals surface area contributed by atoms with E-state index in [4.69, 9.17) is 5.73 Å². The van der Waals surface area contributed by atoms with Gasteiger partial charge in [-0.25, -0.2) is 9.97 Å². The number of nitrogens with zero attached hydrogens (tertiary/aromatic N) is 4. The predicted octanol–water partition coefficient (Wildman–Crippen LogP) is 2.56. The average Bonchev–Trinajstić information content (AvgIpc) is 2.81. The molecular formula is C23H32N6O2. The topological polar surface area (TPSA) is 108 Å². The van der Waals surface area contributed by atoms with Crippen LogP contribution in [-0.4, -0.2) is 63.0 Å². The average molecular weight is 425 g/mol. The van der Waals surface area contributed by atoms with Gasteiger partial charge in [-0.3, -0.25) is 9.69 Å². The SMILES string of the molecule is Cc1cc(N)c(N[C@@H]2CCCN(C(=O)c3cncnc3)C2)c(C(O)N2CCCCC2)c1. The van der Waals surface area contributed by atoms with Crippen LogP contribution in [0, 0.1) is 6.92 Å². The van der Waals surface area contributed by atoms with Gasteiger partial charge in [-0.1, -0.05) is 6.42 Å². The highest BCUT2D eigenvalue weighted by Crippen LogP contribution is 2.34. The smallest absolute Gasteiger partial charge is 0.257 e. The van der Waals surface area contributed by atoms with Gasteiger partial charge in [0.05, 0.1) is 16.9 Å². The first-order chi connectivity index (χ1) is 15.0. The van der Waals surface area contributed by atoms with E-state index in [1.54, 1.807) is 12.4 Å². The molecule has 0 radical (unpaired) electrons. The summed E-state index contributed by atoms with van der Waals surface area (Å²) in [5.74, 6) is -0.0578. The fourth-order valence-electron chi connectivity index (χ4n) is 4.65. The molecule has 2 fully saturated rings. The zero-order chi connectivity index (χ0) is 21.8. The summed E-state index contributed by atoms with van der Waals surface area (Å²) in [6, 6.07) is 4.01. The maximum absolute atomic E-state index is 12.8. The number of hydrogen-bond donors (Lipinski definition) is 3. The van der Waals surface area contributed by atoms with Gasteiger partial charge in [0.2, 0.25) is 0 Å². The molecule has 166 valence electrons. The van der Waals surface area contributed by atoms with Crippen molar-refractivity contribution in [2.45, 2.75) is 51.3 Å². The Morgan fingerprint density at radius 3 is 2.65 bits per heavy atom. The van der Waals surface area contributed by atoms with Crippen LogP contribution in [0.3, 0.4) is 0 Å². The summed E-state index contributed by atoms with van der Waals surface area (Å²) in [5.41, 5.74) is 10.2. The van der Waals surface area contributed by atoms with E-state index in [-0.39, 0.29) is 11.9 Å². The van der Waals surface area contributed by atoms with Crippen LogP contribution in [0.2, 0.25) is 0 Å². The lowest BCUT2D eigenvalue weighted by Gasteiger charge is -2.36. The number of aliphatic hydroxyl groups is 1. The molecule has 0 spiro atoms. The van der Waals surface area contributed by atoms with Crippen LogP contribution < -0.4 is 11.1 Å². The molecule has 31 heavy (non-hydrogen) atoms. The van der Waals surface area contributed by atoms with Crippen molar-refractivity contribution in [3.8, 4) is 0 Å². The number of carbonyl (C=O) groups excluding carboxylic acids is 1. The van der Waals surface area contributed by atoms with Gasteiger partial charge in [-0.2, -0.15) is 0 Å². The van der Waals surface area contributed by atoms with E-state index in [0.717, 1.165) is 55.6 Å². The number of aliphatic hydroxyl groups excluding tert-OH is 1. The van der Waals surface area contributed by atoms with Gasteiger partial charge in [-0.05, 0) is 50.3 Å². The van der Waals surface area contributed by atoms with E-state index in [0.29, 0.717) is 24.3 Å². The second-order valence-electron chi connectivity index (χ2n) is 8.65. The van der Waals surface area contributed by atoms with Crippen LogP contribution in [0.4, 0.5) is 11.4 Å². The Kier molecular flexibility index (Phi) is 6.67. The zero-order valence-corrected chi connectivity index (χ0v) is 18.1. The third kappa shape index (κ3) is 4.97. The number of aryl methyl sites for hydroxylation is 1. The minimum atomic E-state index is -0.687. The molecule has 2 aromatic rings. The van der Waals surface area contributed by atoms with Crippen molar-refractivity contribution < 1.29 is 9.90 Å². The van der Waals surface area contributed by atoms with E-state index in [2.05, 4.69) is 20.2 Å². The third-order valence-corrected chi connectivity index (χ3v) is 6.22. The number of anilines is 2. The Bertz CT molecular complexity index is 900. The van der Waals surface area contributed by atoms with Crippen LogP contribution in [0.1, 0.15) is 59.8 Å². The Balaban J connectivity index is 1.52. The number of nitrogen functional groups attached to an aromatic ring is 1. The number of carbonyl (C=O) groups is 1. The quantitative estimate of drug-likeness (QED) is 0.633. The number of benzene rings is 1. The molecule has 1 amide bonds. The van der Waals surface area contributed by atoms with Crippen LogP contribution >= 0.6 is 0 Å². The number of amides is 1. The number of aromatic nitrogens is 2. The summed E-state index contributed by atoms with van der Waals surface area (Å²) in [5, 5.41) is 14.7. The Hall–Kier alpha value is -2.71. The Morgan fingerprint density at radius 2 is 1.90 bits per heavy atom. The number of hydrogen-bond acceptors (Lipinski definition) is 7. The molecule has 4 rings (SSSR count). The molecule has 2 atom stereocenters. The highest BCUT2D eigenvalue weighted by Gasteiger charge is 2.28. The van der Waals surface area contributed by atoms with Gasteiger partial charge >= 0.3 is 0 Å². The minimum Gasteiger partial charge on any atom is -0.397 e. The van der Waals surface area contributed by atoms with Crippen LogP contribution in [0.15, 0.2) is 30.9 Å². The van der Waals surface area contributed by atoms with Gasteiger partial charge in [0.1, 0.15) is 12.6 Å². The Morgan fingerprint density at radius 1 is 1.16 bits per heavy atom. The molecule has 1 unspecified atom stereocenters. The lowest BCUT2D eigenvalue weighted by molar-refractivity contribution is -0.00939. The number of nitrogens with one attached hydrogen (secondary N) is 1. The van der Waals surface area contributed by atoms with Crippen molar-refractivity contribution in [1.82, 2.24) is 19.8 Å². The molecule has 0 aliphatic carbocycles. The second-order valence-corrected chi connectivity index (χ2v) is 8.65. The van der Waals surface area contributed by atoms with Gasteiger partial charge in [-0.15, -0.1) is 0 Å². The monoisotopic (exact) mass is 424 g/mol. The fraction of sp³-hybridized carbons (Fsp3) is 0.522. The lowest BCUT2D eigenvalue weighted by Crippen LogP contribution is -2.45. The number of likely N-dealkylation sites (tertiary alicyclic amines) is 2. The second kappa shape index (κ2) is 9.62. The van der Waals surface area contributed by atoms with Crippen molar-refractivity contribution in [3.05, 3.63) is 47.5 Å². The zero-order valence-electron chi connectivity index (χ0n) is 18.1. The standard InChI is InChI=1S/C23H32N6O2/c1-16-10-19(23(31)28-7-3-2-4-8-28)21(20(24)11-16)27-18-6-5-9-29(14-18)22(30)17-12-25-15-26-13-17/h10-13,15,18,23,27,31H,2-9,14,24H2,1H3/t18-,23?/m1/s1. The molecule has 8 nitrogen and oxygen atoms in total. The van der Waals surface area contributed by atoms with Crippen molar-refractivity contribution in [1.29, 1.82) is 0 Å². The van der Waals surface area contributed by atoms with Gasteiger partial charge in [0.25, 0.3) is 5.91 Å². The summed E-state index contributed by atoms with van der Waals surface area (Å²) in [7, 11) is 0. The largest absolute Gasteiger partial charge is 0.397 e. The van der Waals surface area contributed by atoms with E-state index >= 15 is 0 Å². The molecule has 1 aromatic carbocycles. The molecule has 2 aliphatic rings. The molecule has 8 heteroatoms. The maximum Gasteiger partial charge on any atom is 0.257 e. The molecule has 4 N–H and O–H groups in total. The van der Waals surface area contributed by atoms with Gasteiger partial charge < -0.3 is 21.1 Å². The summed E-state index contributed by atoms with van der Waals surface area (Å²) in [6.07, 6.45) is 9.08. The van der Waals surface area contributed by atoms with E-state index in [1.807, 2.05) is 24.0 Å². The van der Waals surface area contributed by atoms with Crippen molar-refractivity contribution in [2.24, 2.45) is 0 Å². The number of piperidine rings is 2. The van der Waals surface area contributed by atoms with E-state index < -0.39 is 6.23 Å². The minimum absolute atomic E-state index is 0.0552. The molecule has 0 saturated carbocycles. The number of nitrogens with two attached hydrogens (primary N) is 1. The molecule has 2 saturated heterocycles. The van der Waals surface area contributed by atoms with Crippen molar-refractivity contribution >= 4 is 17.3 Å². The van der Waals surface area contributed by atoms with Crippen LogP contribution in [0.25, 0.3) is 0 Å². The van der Waals surface area contributed by atoms with Crippen molar-refractivity contribution in [2.75, 3.05) is 37.2 Å². The summed E-state index contributed by atoms with van der Waals surface area (Å²) in [6.45, 7) is 5.05. The molecular weight excluding hydrogens is 392 g/mol. The first-order valence-electron chi connectivity index (χ1n) is 11.2. The van der Waals surface area contributed by atoms with Crippen LogP contribution in [0.5, 0.6) is 0 Å². The Labute approximate surface area is 183 Å². The number of rotatable bonds is 5. The normalized spacial score (nSPS) is 21.0. The molecule has 2 aliphatic heterocycles. The first-order valence-corrected chi connectivity index (χ1v) is 11.2. The maximum atomic E-state index is 12.8. The van der Waals surface area contributed by atoms with Crippen LogP contribution in [-0.2, 0) is 0 Å². The fourth-order valence-corrected chi connectivity index (χ4v) is 4.65. The van der Waals surface area contributed by atoms with E-state index in [9.17, 15) is 9.90 Å². The summed E-state index contributed by atoms with van der Waals surface area (Å²) in [4.78, 5) is 24.7. The highest BCUT2D eigenvalue weighted by atomic mass is 16.3. The summed E-state index contributed by atoms with van der Waals surface area (Å²) < 4.78 is 0. The first kappa shape index (κ1) is 21.5. The highest BCUT2D eigenvalue weighted by molar-refractivity contribution is 5.93. The summed E-state index contributed by atoms with van der Waals surface area (Å²) >= 11 is 0. The van der Waals surface area contributed by atoms with Crippen molar-refractivity contribution in [3.63, 3.8) is 0 Å². The predicted molar refractivity (Wildman–Crippen MR) is 121 cm³/mol. The molecule has 1 aromatic heterocycles. The van der Waals surface area contributed by atoms with Gasteiger partial charge in [0, 0.05) is 50.2 Å². The molecule has 0 bridgehead atoms. The third-order valence-electron chi connectivity index (χ3n) is 6.22. The molecule has 3 heterocycles. The van der Waals surface area contributed by atoms with E-state index in [1.165, 1.54) is 12.7 Å².